The van der Waals surface area contributed by atoms with Gasteiger partial charge in [-0.2, -0.15) is 0 Å². The number of carbonyl (C=O) groups is 1. The van der Waals surface area contributed by atoms with Crippen molar-refractivity contribution in [2.45, 2.75) is 0 Å². The van der Waals surface area contributed by atoms with Crippen molar-refractivity contribution >= 4 is 22.9 Å². The van der Waals surface area contributed by atoms with Crippen LogP contribution in [0.5, 0.6) is 0 Å². The second-order valence-corrected chi connectivity index (χ2v) is 7.55. The zero-order valence-corrected chi connectivity index (χ0v) is 17.0. The Hall–Kier alpha value is -4.17. The van der Waals surface area contributed by atoms with Crippen LogP contribution in [0.4, 0.5) is 5.69 Å². The van der Waals surface area contributed by atoms with Gasteiger partial charge in [-0.25, -0.2) is 19.6 Å². The molecule has 0 unspecified atom stereocenters. The topological polar surface area (TPSA) is 85.6 Å². The third-order valence-electron chi connectivity index (χ3n) is 4.49. The molecule has 0 radical (unpaired) electrons. The van der Waals surface area contributed by atoms with Gasteiger partial charge in [-0.3, -0.25) is 4.79 Å². The molecule has 3 aromatic heterocycles. The summed E-state index contributed by atoms with van der Waals surface area (Å²) in [7, 11) is 0. The number of thiophene rings is 1. The Bertz CT molecular complexity index is 1300. The van der Waals surface area contributed by atoms with Crippen LogP contribution in [-0.4, -0.2) is 30.6 Å². The first-order valence-electron chi connectivity index (χ1n) is 9.53. The molecule has 8 heteroatoms. The highest BCUT2D eigenvalue weighted by Gasteiger charge is 2.19. The number of hydrogen-bond acceptors (Lipinski definition) is 6. The van der Waals surface area contributed by atoms with Gasteiger partial charge in [0.05, 0.1) is 28.6 Å². The Labute approximate surface area is 182 Å². The molecule has 0 saturated carbocycles. The van der Waals surface area contributed by atoms with Gasteiger partial charge in [0.1, 0.15) is 0 Å². The summed E-state index contributed by atoms with van der Waals surface area (Å²) >= 11 is 1.54. The fourth-order valence-electron chi connectivity index (χ4n) is 3.04. The van der Waals surface area contributed by atoms with Gasteiger partial charge in [0.2, 0.25) is 5.82 Å². The van der Waals surface area contributed by atoms with Crippen molar-refractivity contribution in [3.63, 3.8) is 0 Å². The number of aromatic nitrogens is 5. The monoisotopic (exact) mass is 424 g/mol. The van der Waals surface area contributed by atoms with E-state index in [1.54, 1.807) is 17.1 Å². The predicted molar refractivity (Wildman–Crippen MR) is 120 cm³/mol. The first-order chi connectivity index (χ1) is 15.3. The highest BCUT2D eigenvalue weighted by molar-refractivity contribution is 7.13. The molecule has 1 N–H and O–H groups in total. The SMILES string of the molecule is O=C(Nc1cnc(-c2ccccc2)nc1)c1nc(-c2cccs2)n(-c2ccccc2)n1. The van der Waals surface area contributed by atoms with E-state index in [9.17, 15) is 4.79 Å². The Morgan fingerprint density at radius 3 is 2.26 bits per heavy atom. The van der Waals surface area contributed by atoms with Crippen molar-refractivity contribution in [1.29, 1.82) is 0 Å². The number of para-hydroxylation sites is 1. The van der Waals surface area contributed by atoms with E-state index in [1.807, 2.05) is 78.2 Å². The van der Waals surface area contributed by atoms with E-state index >= 15 is 0 Å². The molecule has 1 amide bonds. The van der Waals surface area contributed by atoms with Crippen molar-refractivity contribution in [1.82, 2.24) is 24.7 Å². The van der Waals surface area contributed by atoms with E-state index in [-0.39, 0.29) is 5.82 Å². The van der Waals surface area contributed by atoms with E-state index < -0.39 is 5.91 Å². The Morgan fingerprint density at radius 2 is 1.58 bits per heavy atom. The summed E-state index contributed by atoms with van der Waals surface area (Å²) in [4.78, 5) is 26.9. The van der Waals surface area contributed by atoms with Gasteiger partial charge in [-0.15, -0.1) is 16.4 Å². The van der Waals surface area contributed by atoms with Crippen LogP contribution in [0.25, 0.3) is 27.8 Å². The van der Waals surface area contributed by atoms with E-state index in [1.165, 1.54) is 11.3 Å². The lowest BCUT2D eigenvalue weighted by Crippen LogP contribution is -2.14. The molecular formula is C23H16N6OS. The number of nitrogens with one attached hydrogen (secondary N) is 1. The van der Waals surface area contributed by atoms with Crippen LogP contribution in [0.2, 0.25) is 0 Å². The molecule has 0 saturated heterocycles. The molecule has 5 rings (SSSR count). The molecule has 0 aliphatic carbocycles. The summed E-state index contributed by atoms with van der Waals surface area (Å²) in [6.07, 6.45) is 3.14. The molecule has 31 heavy (non-hydrogen) atoms. The fourth-order valence-corrected chi connectivity index (χ4v) is 3.74. The van der Waals surface area contributed by atoms with Crippen molar-refractivity contribution < 1.29 is 4.79 Å². The molecule has 0 fully saturated rings. The lowest BCUT2D eigenvalue weighted by molar-refractivity contribution is 0.101. The van der Waals surface area contributed by atoms with Gasteiger partial charge < -0.3 is 5.32 Å². The third-order valence-corrected chi connectivity index (χ3v) is 5.36. The number of amides is 1. The number of nitrogens with zero attached hydrogens (tertiary/aromatic N) is 5. The number of carbonyl (C=O) groups excluding carboxylic acids is 1. The van der Waals surface area contributed by atoms with E-state index in [4.69, 9.17) is 0 Å². The Kier molecular flexibility index (Phi) is 5.04. The summed E-state index contributed by atoms with van der Waals surface area (Å²) in [6, 6.07) is 23.1. The maximum Gasteiger partial charge on any atom is 0.295 e. The van der Waals surface area contributed by atoms with Gasteiger partial charge >= 0.3 is 0 Å². The quantitative estimate of drug-likeness (QED) is 0.442. The minimum atomic E-state index is -0.427. The van der Waals surface area contributed by atoms with Crippen molar-refractivity contribution in [2.24, 2.45) is 0 Å². The van der Waals surface area contributed by atoms with Crippen LogP contribution >= 0.6 is 11.3 Å². The van der Waals surface area contributed by atoms with E-state index in [0.717, 1.165) is 16.1 Å². The number of rotatable bonds is 5. The largest absolute Gasteiger partial charge is 0.317 e. The third kappa shape index (κ3) is 3.96. The van der Waals surface area contributed by atoms with Gasteiger partial charge in [0.25, 0.3) is 5.91 Å². The summed E-state index contributed by atoms with van der Waals surface area (Å²) in [5.74, 6) is 0.843. The maximum atomic E-state index is 12.8. The second kappa shape index (κ2) is 8.29. The van der Waals surface area contributed by atoms with Gasteiger partial charge in [-0.05, 0) is 23.6 Å². The average molecular weight is 424 g/mol. The van der Waals surface area contributed by atoms with Crippen LogP contribution in [0.3, 0.4) is 0 Å². The Balaban J connectivity index is 1.42. The number of hydrogen-bond donors (Lipinski definition) is 1. The highest BCUT2D eigenvalue weighted by Crippen LogP contribution is 2.25. The Morgan fingerprint density at radius 1 is 0.871 bits per heavy atom. The first kappa shape index (κ1) is 18.8. The molecule has 5 aromatic rings. The summed E-state index contributed by atoms with van der Waals surface area (Å²) in [6.45, 7) is 0. The minimum absolute atomic E-state index is 0.0689. The van der Waals surface area contributed by atoms with Crippen LogP contribution in [0, 0.1) is 0 Å². The summed E-state index contributed by atoms with van der Waals surface area (Å²) < 4.78 is 1.68. The van der Waals surface area contributed by atoms with Crippen molar-refractivity contribution in [3.05, 3.63) is 96.4 Å². The second-order valence-electron chi connectivity index (χ2n) is 6.60. The smallest absolute Gasteiger partial charge is 0.295 e. The average Bonchev–Trinajstić information content (AvgIpc) is 3.51. The molecular weight excluding hydrogens is 408 g/mol. The van der Waals surface area contributed by atoms with Crippen LogP contribution < -0.4 is 5.32 Å². The molecule has 0 bridgehead atoms. The van der Waals surface area contributed by atoms with Crippen LogP contribution in [-0.2, 0) is 0 Å². The highest BCUT2D eigenvalue weighted by atomic mass is 32.1. The van der Waals surface area contributed by atoms with E-state index in [2.05, 4.69) is 25.4 Å². The molecule has 0 spiro atoms. The van der Waals surface area contributed by atoms with Crippen LogP contribution in [0.15, 0.2) is 90.6 Å². The van der Waals surface area contributed by atoms with Crippen LogP contribution in [0.1, 0.15) is 10.6 Å². The van der Waals surface area contributed by atoms with Gasteiger partial charge in [-0.1, -0.05) is 54.6 Å². The van der Waals surface area contributed by atoms with Gasteiger partial charge in [0.15, 0.2) is 11.6 Å². The lowest BCUT2D eigenvalue weighted by Gasteiger charge is -2.04. The number of benzene rings is 2. The van der Waals surface area contributed by atoms with Crippen molar-refractivity contribution in [2.75, 3.05) is 5.32 Å². The number of anilines is 1. The minimum Gasteiger partial charge on any atom is -0.317 e. The standard InChI is InChI=1S/C23H16N6OS/c30-23(26-17-14-24-20(25-15-17)16-8-3-1-4-9-16)21-27-22(19-12-7-13-31-19)29(28-21)18-10-5-2-6-11-18/h1-15H,(H,26,30). The molecule has 0 atom stereocenters. The first-order valence-corrected chi connectivity index (χ1v) is 10.4. The molecule has 2 aromatic carbocycles. The maximum absolute atomic E-state index is 12.8. The lowest BCUT2D eigenvalue weighted by atomic mass is 10.2. The summed E-state index contributed by atoms with van der Waals surface area (Å²) in [5.41, 5.74) is 2.20. The molecule has 7 nitrogen and oxygen atoms in total. The normalized spacial score (nSPS) is 10.7. The van der Waals surface area contributed by atoms with E-state index in [0.29, 0.717) is 17.3 Å². The molecule has 0 aliphatic rings. The molecule has 3 heterocycles. The van der Waals surface area contributed by atoms with Crippen molar-refractivity contribution in [3.8, 4) is 27.8 Å². The van der Waals surface area contributed by atoms with Gasteiger partial charge in [0, 0.05) is 5.56 Å². The molecule has 0 aliphatic heterocycles. The summed E-state index contributed by atoms with van der Waals surface area (Å²) in [5, 5.41) is 9.20. The predicted octanol–water partition coefficient (Wildman–Crippen LogP) is 4.71. The zero-order valence-electron chi connectivity index (χ0n) is 16.2. The molecule has 150 valence electrons. The zero-order chi connectivity index (χ0) is 21.0. The fraction of sp³-hybridized carbons (Fsp3) is 0.